The first-order valence-electron chi connectivity index (χ1n) is 6.61. The summed E-state index contributed by atoms with van der Waals surface area (Å²) >= 11 is 1.58. The van der Waals surface area contributed by atoms with Crippen LogP contribution in [-0.4, -0.2) is 18.3 Å². The molecular weight excluding hydrogens is 269 g/mol. The number of nitriles is 1. The fourth-order valence-corrected chi connectivity index (χ4v) is 3.19. The Labute approximate surface area is 123 Å². The third-order valence-corrected chi connectivity index (χ3v) is 5.19. The van der Waals surface area contributed by atoms with Crippen molar-refractivity contribution in [1.82, 2.24) is 0 Å². The highest BCUT2D eigenvalue weighted by molar-refractivity contribution is 7.17. The van der Waals surface area contributed by atoms with E-state index in [1.807, 2.05) is 45.2 Å². The monoisotopic (exact) mass is 285 g/mol. The van der Waals surface area contributed by atoms with Crippen LogP contribution in [0.15, 0.2) is 23.6 Å². The highest BCUT2D eigenvalue weighted by atomic mass is 32.1. The molecule has 1 aromatic carbocycles. The number of thiophene rings is 1. The van der Waals surface area contributed by atoms with Crippen LogP contribution in [0.2, 0.25) is 0 Å². The topological polar surface area (TPSA) is 42.2 Å². The summed E-state index contributed by atoms with van der Waals surface area (Å²) in [5.41, 5.74) is 1.06. The summed E-state index contributed by atoms with van der Waals surface area (Å²) < 4.78 is 13.2. The second kappa shape index (κ2) is 4.32. The number of hydrogen-bond acceptors (Lipinski definition) is 4. The van der Waals surface area contributed by atoms with E-state index in [9.17, 15) is 0 Å². The minimum Gasteiger partial charge on any atom is -0.399 e. The average Bonchev–Trinajstić information content (AvgIpc) is 2.87. The van der Waals surface area contributed by atoms with Gasteiger partial charge in [0.1, 0.15) is 6.07 Å². The normalized spacial score (nSPS) is 20.2. The van der Waals surface area contributed by atoms with Gasteiger partial charge in [-0.05, 0) is 39.2 Å². The molecule has 0 atom stereocenters. The number of rotatable bonds is 1. The smallest absolute Gasteiger partial charge is 0.399 e. The molecule has 0 radical (unpaired) electrons. The Morgan fingerprint density at radius 3 is 2.40 bits per heavy atom. The summed E-state index contributed by atoms with van der Waals surface area (Å²) in [6, 6.07) is 8.23. The Morgan fingerprint density at radius 1 is 1.15 bits per heavy atom. The molecule has 0 unspecified atom stereocenters. The van der Waals surface area contributed by atoms with Crippen molar-refractivity contribution in [3.8, 4) is 6.07 Å². The largest absolute Gasteiger partial charge is 0.494 e. The molecule has 3 rings (SSSR count). The van der Waals surface area contributed by atoms with E-state index in [2.05, 4.69) is 12.1 Å². The van der Waals surface area contributed by atoms with Crippen LogP contribution < -0.4 is 5.46 Å². The fraction of sp³-hybridized carbons (Fsp3) is 0.400. The zero-order valence-corrected chi connectivity index (χ0v) is 12.9. The molecule has 20 heavy (non-hydrogen) atoms. The predicted molar refractivity (Wildman–Crippen MR) is 82.3 cm³/mol. The number of fused-ring (bicyclic) bond motifs is 1. The SMILES string of the molecule is CC1(C)OB(c2ccc3c(C#N)csc3c2)OC1(C)C. The number of nitrogens with zero attached hydrogens (tertiary/aromatic N) is 1. The van der Waals surface area contributed by atoms with Gasteiger partial charge in [0.15, 0.2) is 0 Å². The Kier molecular flexibility index (Phi) is 2.95. The van der Waals surface area contributed by atoms with Crippen LogP contribution in [0.25, 0.3) is 10.1 Å². The number of hydrogen-bond donors (Lipinski definition) is 0. The lowest BCUT2D eigenvalue weighted by molar-refractivity contribution is 0.00578. The lowest BCUT2D eigenvalue weighted by Crippen LogP contribution is -2.41. The maximum absolute atomic E-state index is 9.05. The van der Waals surface area contributed by atoms with E-state index < -0.39 is 0 Å². The predicted octanol–water partition coefficient (Wildman–Crippen LogP) is 3.07. The van der Waals surface area contributed by atoms with Crippen LogP contribution in [0.1, 0.15) is 33.3 Å². The van der Waals surface area contributed by atoms with E-state index >= 15 is 0 Å². The minimum absolute atomic E-state index is 0.333. The lowest BCUT2D eigenvalue weighted by atomic mass is 9.79. The first-order valence-corrected chi connectivity index (χ1v) is 7.49. The van der Waals surface area contributed by atoms with E-state index in [-0.39, 0.29) is 18.3 Å². The molecule has 0 amide bonds. The van der Waals surface area contributed by atoms with Gasteiger partial charge in [-0.2, -0.15) is 5.26 Å². The van der Waals surface area contributed by atoms with Gasteiger partial charge < -0.3 is 9.31 Å². The second-order valence-corrected chi connectivity index (χ2v) is 7.02. The molecule has 1 aromatic heterocycles. The maximum atomic E-state index is 9.05. The van der Waals surface area contributed by atoms with Crippen molar-refractivity contribution in [2.45, 2.75) is 38.9 Å². The van der Waals surface area contributed by atoms with E-state index in [0.717, 1.165) is 21.1 Å². The second-order valence-electron chi connectivity index (χ2n) is 6.11. The maximum Gasteiger partial charge on any atom is 0.494 e. The van der Waals surface area contributed by atoms with Gasteiger partial charge in [0, 0.05) is 15.5 Å². The van der Waals surface area contributed by atoms with Gasteiger partial charge in [-0.15, -0.1) is 11.3 Å². The highest BCUT2D eigenvalue weighted by Crippen LogP contribution is 2.36. The molecule has 3 nitrogen and oxygen atoms in total. The Bertz CT molecular complexity index is 698. The minimum atomic E-state index is -0.350. The lowest BCUT2D eigenvalue weighted by Gasteiger charge is -2.32. The van der Waals surface area contributed by atoms with E-state index in [1.165, 1.54) is 0 Å². The van der Waals surface area contributed by atoms with Gasteiger partial charge >= 0.3 is 7.12 Å². The molecule has 0 aliphatic carbocycles. The Morgan fingerprint density at radius 2 is 1.80 bits per heavy atom. The molecule has 1 aliphatic heterocycles. The van der Waals surface area contributed by atoms with Crippen LogP contribution in [0.3, 0.4) is 0 Å². The van der Waals surface area contributed by atoms with Crippen molar-refractivity contribution >= 4 is 34.0 Å². The molecule has 1 fully saturated rings. The summed E-state index contributed by atoms with van der Waals surface area (Å²) in [6.07, 6.45) is 0. The summed E-state index contributed by atoms with van der Waals surface area (Å²) in [5, 5.41) is 11.9. The van der Waals surface area contributed by atoms with Gasteiger partial charge in [0.05, 0.1) is 16.8 Å². The van der Waals surface area contributed by atoms with Crippen molar-refractivity contribution in [2.75, 3.05) is 0 Å². The van der Waals surface area contributed by atoms with Gasteiger partial charge in [0.25, 0.3) is 0 Å². The average molecular weight is 285 g/mol. The van der Waals surface area contributed by atoms with Crippen molar-refractivity contribution < 1.29 is 9.31 Å². The third kappa shape index (κ3) is 1.96. The summed E-state index contributed by atoms with van der Waals surface area (Å²) in [5.74, 6) is 0. The van der Waals surface area contributed by atoms with Crippen LogP contribution in [0, 0.1) is 11.3 Å². The van der Waals surface area contributed by atoms with Gasteiger partial charge in [-0.3, -0.25) is 0 Å². The van der Waals surface area contributed by atoms with Crippen molar-refractivity contribution in [2.24, 2.45) is 0 Å². The summed E-state index contributed by atoms with van der Waals surface area (Å²) in [7, 11) is -0.350. The van der Waals surface area contributed by atoms with Crippen molar-refractivity contribution in [1.29, 1.82) is 5.26 Å². The molecule has 1 saturated heterocycles. The number of benzene rings is 1. The van der Waals surface area contributed by atoms with Gasteiger partial charge in [-0.1, -0.05) is 12.1 Å². The Balaban J connectivity index is 1.99. The summed E-state index contributed by atoms with van der Waals surface area (Å²) in [4.78, 5) is 0. The Hall–Kier alpha value is -1.35. The summed E-state index contributed by atoms with van der Waals surface area (Å²) in [6.45, 7) is 8.18. The molecular formula is C15H16BNO2S. The van der Waals surface area contributed by atoms with E-state index in [1.54, 1.807) is 11.3 Å². The van der Waals surface area contributed by atoms with Crippen LogP contribution in [0.4, 0.5) is 0 Å². The molecule has 0 spiro atoms. The molecule has 1 aliphatic rings. The molecule has 0 bridgehead atoms. The zero-order valence-electron chi connectivity index (χ0n) is 12.1. The van der Waals surface area contributed by atoms with Crippen molar-refractivity contribution in [3.63, 3.8) is 0 Å². The zero-order chi connectivity index (χ0) is 14.5. The van der Waals surface area contributed by atoms with Crippen LogP contribution >= 0.6 is 11.3 Å². The quantitative estimate of drug-likeness (QED) is 0.756. The van der Waals surface area contributed by atoms with E-state index in [4.69, 9.17) is 14.6 Å². The van der Waals surface area contributed by atoms with E-state index in [0.29, 0.717) is 0 Å². The first-order chi connectivity index (χ1) is 9.34. The third-order valence-electron chi connectivity index (χ3n) is 4.25. The van der Waals surface area contributed by atoms with Crippen LogP contribution in [0.5, 0.6) is 0 Å². The van der Waals surface area contributed by atoms with Crippen LogP contribution in [-0.2, 0) is 9.31 Å². The molecule has 2 aromatic rings. The molecule has 102 valence electrons. The van der Waals surface area contributed by atoms with Gasteiger partial charge in [0.2, 0.25) is 0 Å². The molecule has 0 N–H and O–H groups in total. The molecule has 5 heteroatoms. The fourth-order valence-electron chi connectivity index (χ4n) is 2.26. The molecule has 2 heterocycles. The standard InChI is InChI=1S/C15H16BNO2S/c1-14(2)15(3,4)19-16(18-14)11-5-6-12-10(8-17)9-20-13(12)7-11/h5-7,9H,1-4H3. The highest BCUT2D eigenvalue weighted by Gasteiger charge is 2.51. The van der Waals surface area contributed by atoms with Gasteiger partial charge in [-0.25, -0.2) is 0 Å². The molecule has 0 saturated carbocycles. The van der Waals surface area contributed by atoms with Crippen molar-refractivity contribution in [3.05, 3.63) is 29.1 Å². The first kappa shape index (κ1) is 13.6.